The van der Waals surface area contributed by atoms with Crippen LogP contribution < -0.4 is 10.1 Å². The zero-order valence-corrected chi connectivity index (χ0v) is 13.9. The van der Waals surface area contributed by atoms with Crippen LogP contribution in [-0.4, -0.2) is 42.1 Å². The number of benzene rings is 1. The van der Waals surface area contributed by atoms with Crippen LogP contribution >= 0.6 is 12.4 Å². The number of halogens is 1. The standard InChI is InChI=1S/C16H24N2O2.ClH/c1-11-5-7-15(8-6-11)20-14(4)16(19)18-10-9-17-12(2)13(18)3;/h5-8,12-14,17H,9-10H2,1-4H3;1H. The third kappa shape index (κ3) is 4.35. The predicted molar refractivity (Wildman–Crippen MR) is 87.2 cm³/mol. The molecule has 1 saturated heterocycles. The van der Waals surface area contributed by atoms with E-state index < -0.39 is 6.10 Å². The first-order valence-corrected chi connectivity index (χ1v) is 7.26. The molecule has 0 saturated carbocycles. The molecule has 1 aliphatic heterocycles. The lowest BCUT2D eigenvalue weighted by Crippen LogP contribution is -2.59. The largest absolute Gasteiger partial charge is 0.481 e. The minimum atomic E-state index is -0.453. The van der Waals surface area contributed by atoms with E-state index in [-0.39, 0.29) is 24.4 Å². The summed E-state index contributed by atoms with van der Waals surface area (Å²) in [6, 6.07) is 8.30. The fourth-order valence-corrected chi connectivity index (χ4v) is 2.47. The zero-order valence-electron chi connectivity index (χ0n) is 13.1. The van der Waals surface area contributed by atoms with E-state index >= 15 is 0 Å². The van der Waals surface area contributed by atoms with Crippen LogP contribution in [0.1, 0.15) is 26.3 Å². The topological polar surface area (TPSA) is 41.6 Å². The van der Waals surface area contributed by atoms with Crippen molar-refractivity contribution < 1.29 is 9.53 Å². The van der Waals surface area contributed by atoms with Gasteiger partial charge in [-0.15, -0.1) is 12.4 Å². The number of nitrogens with zero attached hydrogens (tertiary/aromatic N) is 1. The Morgan fingerprint density at radius 1 is 1.33 bits per heavy atom. The average molecular weight is 313 g/mol. The van der Waals surface area contributed by atoms with Gasteiger partial charge in [-0.25, -0.2) is 0 Å². The molecule has 21 heavy (non-hydrogen) atoms. The van der Waals surface area contributed by atoms with E-state index in [9.17, 15) is 4.79 Å². The highest BCUT2D eigenvalue weighted by molar-refractivity contribution is 5.85. The predicted octanol–water partition coefficient (Wildman–Crippen LogP) is 2.39. The van der Waals surface area contributed by atoms with Crippen LogP contribution in [0.4, 0.5) is 0 Å². The molecule has 0 bridgehead atoms. The minimum Gasteiger partial charge on any atom is -0.481 e. The number of carbonyl (C=O) groups is 1. The van der Waals surface area contributed by atoms with Crippen LogP contribution in [0.25, 0.3) is 0 Å². The first kappa shape index (κ1) is 17.8. The maximum Gasteiger partial charge on any atom is 0.263 e. The van der Waals surface area contributed by atoms with Crippen molar-refractivity contribution in [3.63, 3.8) is 0 Å². The van der Waals surface area contributed by atoms with E-state index in [0.717, 1.165) is 18.8 Å². The molecule has 0 spiro atoms. The summed E-state index contributed by atoms with van der Waals surface area (Å²) in [5, 5.41) is 3.38. The van der Waals surface area contributed by atoms with Crippen LogP contribution in [0.2, 0.25) is 0 Å². The van der Waals surface area contributed by atoms with E-state index in [2.05, 4.69) is 19.2 Å². The summed E-state index contributed by atoms with van der Waals surface area (Å²) in [6.07, 6.45) is -0.453. The van der Waals surface area contributed by atoms with Crippen molar-refractivity contribution in [2.24, 2.45) is 0 Å². The van der Waals surface area contributed by atoms with Gasteiger partial charge >= 0.3 is 0 Å². The van der Waals surface area contributed by atoms with Crippen LogP contribution in [0.15, 0.2) is 24.3 Å². The number of carbonyl (C=O) groups excluding carboxylic acids is 1. The molecule has 1 N–H and O–H groups in total. The molecule has 5 heteroatoms. The average Bonchev–Trinajstić information content (AvgIpc) is 2.43. The van der Waals surface area contributed by atoms with Crippen molar-refractivity contribution in [3.8, 4) is 5.75 Å². The molecule has 118 valence electrons. The monoisotopic (exact) mass is 312 g/mol. The van der Waals surface area contributed by atoms with Crippen LogP contribution in [0.3, 0.4) is 0 Å². The van der Waals surface area contributed by atoms with Gasteiger partial charge in [-0.3, -0.25) is 4.79 Å². The lowest BCUT2D eigenvalue weighted by molar-refractivity contribution is -0.141. The van der Waals surface area contributed by atoms with E-state index in [1.165, 1.54) is 5.56 Å². The van der Waals surface area contributed by atoms with Crippen LogP contribution in [0.5, 0.6) is 5.75 Å². The number of hydrogen-bond acceptors (Lipinski definition) is 3. The fraction of sp³-hybridized carbons (Fsp3) is 0.562. The van der Waals surface area contributed by atoms with Gasteiger partial charge in [0.25, 0.3) is 5.91 Å². The van der Waals surface area contributed by atoms with Crippen molar-refractivity contribution >= 4 is 18.3 Å². The van der Waals surface area contributed by atoms with Gasteiger partial charge in [-0.1, -0.05) is 17.7 Å². The zero-order chi connectivity index (χ0) is 14.7. The Balaban J connectivity index is 0.00000220. The van der Waals surface area contributed by atoms with Crippen molar-refractivity contribution in [2.45, 2.75) is 45.9 Å². The molecule has 0 aromatic heterocycles. The number of ether oxygens (including phenoxy) is 1. The molecule has 2 rings (SSSR count). The fourth-order valence-electron chi connectivity index (χ4n) is 2.47. The minimum absolute atomic E-state index is 0. The quantitative estimate of drug-likeness (QED) is 0.932. The van der Waals surface area contributed by atoms with E-state index in [1.807, 2.05) is 43.0 Å². The molecular formula is C16H25ClN2O2. The smallest absolute Gasteiger partial charge is 0.263 e. The number of piperazine rings is 1. The van der Waals surface area contributed by atoms with Gasteiger partial charge in [0.05, 0.1) is 0 Å². The van der Waals surface area contributed by atoms with Gasteiger partial charge in [0.15, 0.2) is 6.10 Å². The first-order valence-electron chi connectivity index (χ1n) is 7.26. The van der Waals surface area contributed by atoms with Gasteiger partial charge < -0.3 is 15.0 Å². The van der Waals surface area contributed by atoms with Gasteiger partial charge in [-0.05, 0) is 39.8 Å². The summed E-state index contributed by atoms with van der Waals surface area (Å²) < 4.78 is 5.76. The second kappa shape index (κ2) is 7.66. The Morgan fingerprint density at radius 3 is 2.57 bits per heavy atom. The normalized spacial score (nSPS) is 23.1. The van der Waals surface area contributed by atoms with Crippen molar-refractivity contribution in [1.82, 2.24) is 10.2 Å². The van der Waals surface area contributed by atoms with Crippen molar-refractivity contribution in [1.29, 1.82) is 0 Å². The summed E-state index contributed by atoms with van der Waals surface area (Å²) in [7, 11) is 0. The molecule has 0 radical (unpaired) electrons. The number of rotatable bonds is 3. The second-order valence-corrected chi connectivity index (χ2v) is 5.59. The van der Waals surface area contributed by atoms with Gasteiger partial charge in [0.2, 0.25) is 0 Å². The van der Waals surface area contributed by atoms with Gasteiger partial charge in [0.1, 0.15) is 5.75 Å². The lowest BCUT2D eigenvalue weighted by Gasteiger charge is -2.39. The maximum absolute atomic E-state index is 12.5. The molecule has 1 aromatic carbocycles. The SMILES string of the molecule is Cc1ccc(OC(C)C(=O)N2CCNC(C)C2C)cc1.Cl. The lowest BCUT2D eigenvalue weighted by atomic mass is 10.1. The van der Waals surface area contributed by atoms with E-state index in [4.69, 9.17) is 4.74 Å². The molecule has 1 heterocycles. The number of nitrogens with one attached hydrogen (secondary N) is 1. The van der Waals surface area contributed by atoms with Crippen molar-refractivity contribution in [3.05, 3.63) is 29.8 Å². The van der Waals surface area contributed by atoms with E-state index in [0.29, 0.717) is 6.04 Å². The Hall–Kier alpha value is -1.26. The Kier molecular flexibility index (Phi) is 6.49. The number of amides is 1. The molecular weight excluding hydrogens is 288 g/mol. The van der Waals surface area contributed by atoms with Crippen LogP contribution in [-0.2, 0) is 4.79 Å². The molecule has 1 aliphatic rings. The molecule has 1 amide bonds. The number of aryl methyl sites for hydroxylation is 1. The molecule has 1 aromatic rings. The highest BCUT2D eigenvalue weighted by Crippen LogP contribution is 2.16. The molecule has 4 nitrogen and oxygen atoms in total. The molecule has 3 atom stereocenters. The maximum atomic E-state index is 12.5. The molecule has 0 aliphatic carbocycles. The Labute approximate surface area is 133 Å². The Bertz CT molecular complexity index is 464. The summed E-state index contributed by atoms with van der Waals surface area (Å²) in [4.78, 5) is 14.4. The highest BCUT2D eigenvalue weighted by atomic mass is 35.5. The first-order chi connectivity index (χ1) is 9.49. The molecule has 3 unspecified atom stereocenters. The van der Waals surface area contributed by atoms with Gasteiger partial charge in [-0.2, -0.15) is 0 Å². The van der Waals surface area contributed by atoms with Gasteiger partial charge in [0, 0.05) is 25.2 Å². The third-order valence-corrected chi connectivity index (χ3v) is 4.00. The third-order valence-electron chi connectivity index (χ3n) is 4.00. The number of hydrogen-bond donors (Lipinski definition) is 1. The summed E-state index contributed by atoms with van der Waals surface area (Å²) in [5.41, 5.74) is 1.18. The van der Waals surface area contributed by atoms with Crippen molar-refractivity contribution in [2.75, 3.05) is 13.1 Å². The summed E-state index contributed by atoms with van der Waals surface area (Å²) in [5.74, 6) is 0.804. The second-order valence-electron chi connectivity index (χ2n) is 5.59. The van der Waals surface area contributed by atoms with E-state index in [1.54, 1.807) is 0 Å². The summed E-state index contributed by atoms with van der Waals surface area (Å²) >= 11 is 0. The highest BCUT2D eigenvalue weighted by Gasteiger charge is 2.31. The van der Waals surface area contributed by atoms with Crippen LogP contribution in [0, 0.1) is 6.92 Å². The summed E-state index contributed by atoms with van der Waals surface area (Å²) in [6.45, 7) is 9.62. The molecule has 1 fully saturated rings. The Morgan fingerprint density at radius 2 is 1.95 bits per heavy atom.